The summed E-state index contributed by atoms with van der Waals surface area (Å²) >= 11 is 0. The van der Waals surface area contributed by atoms with Crippen molar-refractivity contribution in [1.29, 1.82) is 0 Å². The molecule has 0 aromatic heterocycles. The van der Waals surface area contributed by atoms with Gasteiger partial charge in [-0.05, 0) is 24.3 Å². The van der Waals surface area contributed by atoms with Crippen LogP contribution in [0, 0.1) is 0 Å². The lowest BCUT2D eigenvalue weighted by molar-refractivity contribution is -0.115. The van der Waals surface area contributed by atoms with Gasteiger partial charge in [-0.1, -0.05) is 6.07 Å². The number of hydrogen-bond donors (Lipinski definition) is 3. The van der Waals surface area contributed by atoms with Crippen LogP contribution in [-0.4, -0.2) is 39.8 Å². The summed E-state index contributed by atoms with van der Waals surface area (Å²) in [5.41, 5.74) is 1.00. The Morgan fingerprint density at radius 2 is 1.62 bits per heavy atom. The molecule has 0 bridgehead atoms. The van der Waals surface area contributed by atoms with E-state index in [-0.39, 0.29) is 6.54 Å². The molecule has 0 heterocycles. The number of anilines is 2. The third-order valence-corrected chi connectivity index (χ3v) is 3.42. The summed E-state index contributed by atoms with van der Waals surface area (Å²) < 4.78 is 15.4. The Morgan fingerprint density at radius 1 is 0.885 bits per heavy atom. The molecule has 2 rings (SSSR count). The second-order valence-corrected chi connectivity index (χ2v) is 5.15. The van der Waals surface area contributed by atoms with Crippen molar-refractivity contribution in [3.8, 4) is 17.2 Å². The molecule has 0 aliphatic heterocycles. The molecule has 2 aromatic rings. The number of ether oxygens (including phenoxy) is 3. The number of benzene rings is 2. The molecule has 0 fully saturated rings. The van der Waals surface area contributed by atoms with Crippen molar-refractivity contribution in [2.75, 3.05) is 38.5 Å². The van der Waals surface area contributed by atoms with Gasteiger partial charge in [0.1, 0.15) is 17.2 Å². The van der Waals surface area contributed by atoms with Crippen molar-refractivity contribution >= 4 is 23.3 Å². The van der Waals surface area contributed by atoms with E-state index in [9.17, 15) is 9.59 Å². The average molecular weight is 359 g/mol. The zero-order chi connectivity index (χ0) is 18.9. The molecule has 8 heteroatoms. The highest BCUT2D eigenvalue weighted by Gasteiger charge is 2.10. The van der Waals surface area contributed by atoms with Crippen LogP contribution in [-0.2, 0) is 4.79 Å². The molecule has 3 amide bonds. The summed E-state index contributed by atoms with van der Waals surface area (Å²) in [4.78, 5) is 24.0. The van der Waals surface area contributed by atoms with Gasteiger partial charge < -0.3 is 30.2 Å². The second-order valence-electron chi connectivity index (χ2n) is 5.15. The SMILES string of the molecule is COc1cccc(NC(=O)NCC(=O)Nc2cc(OC)ccc2OC)c1. The highest BCUT2D eigenvalue weighted by Crippen LogP contribution is 2.28. The Labute approximate surface area is 151 Å². The molecule has 2 aromatic carbocycles. The van der Waals surface area contributed by atoms with Crippen LogP contribution in [0.1, 0.15) is 0 Å². The van der Waals surface area contributed by atoms with E-state index in [0.29, 0.717) is 28.6 Å². The van der Waals surface area contributed by atoms with Crippen LogP contribution in [0.4, 0.5) is 16.2 Å². The Balaban J connectivity index is 1.89. The topological polar surface area (TPSA) is 97.9 Å². The molecule has 0 atom stereocenters. The summed E-state index contributed by atoms with van der Waals surface area (Å²) in [6.45, 7) is -0.212. The van der Waals surface area contributed by atoms with E-state index in [4.69, 9.17) is 14.2 Å². The minimum atomic E-state index is -0.508. The lowest BCUT2D eigenvalue weighted by Crippen LogP contribution is -2.35. The van der Waals surface area contributed by atoms with Crippen LogP contribution in [0.2, 0.25) is 0 Å². The van der Waals surface area contributed by atoms with Crippen LogP contribution < -0.4 is 30.2 Å². The van der Waals surface area contributed by atoms with Crippen LogP contribution in [0.3, 0.4) is 0 Å². The fourth-order valence-electron chi connectivity index (χ4n) is 2.14. The number of amides is 3. The Hall–Kier alpha value is -3.42. The van der Waals surface area contributed by atoms with Crippen LogP contribution in [0.15, 0.2) is 42.5 Å². The lowest BCUT2D eigenvalue weighted by atomic mass is 10.2. The molecule has 0 aliphatic carbocycles. The minimum absolute atomic E-state index is 0.212. The fourth-order valence-corrected chi connectivity index (χ4v) is 2.14. The third kappa shape index (κ3) is 5.30. The van der Waals surface area contributed by atoms with Gasteiger partial charge in [0, 0.05) is 17.8 Å². The molecular formula is C18H21N3O5. The van der Waals surface area contributed by atoms with Crippen molar-refractivity contribution in [3.63, 3.8) is 0 Å². The van der Waals surface area contributed by atoms with E-state index in [0.717, 1.165) is 0 Å². The van der Waals surface area contributed by atoms with Gasteiger partial charge in [-0.15, -0.1) is 0 Å². The van der Waals surface area contributed by atoms with E-state index >= 15 is 0 Å². The third-order valence-electron chi connectivity index (χ3n) is 3.42. The molecular weight excluding hydrogens is 338 g/mol. The lowest BCUT2D eigenvalue weighted by Gasteiger charge is -2.12. The van der Waals surface area contributed by atoms with Crippen molar-refractivity contribution in [2.24, 2.45) is 0 Å². The maximum Gasteiger partial charge on any atom is 0.319 e. The number of urea groups is 1. The number of carbonyl (C=O) groups excluding carboxylic acids is 2. The van der Waals surface area contributed by atoms with Crippen molar-refractivity contribution < 1.29 is 23.8 Å². The first-order chi connectivity index (χ1) is 12.5. The molecule has 3 N–H and O–H groups in total. The van der Waals surface area contributed by atoms with Crippen molar-refractivity contribution in [2.45, 2.75) is 0 Å². The molecule has 26 heavy (non-hydrogen) atoms. The molecule has 8 nitrogen and oxygen atoms in total. The summed E-state index contributed by atoms with van der Waals surface area (Å²) in [6.07, 6.45) is 0. The molecule has 0 saturated heterocycles. The molecule has 138 valence electrons. The molecule has 0 unspecified atom stereocenters. The number of methoxy groups -OCH3 is 3. The maximum atomic E-state index is 12.1. The van der Waals surface area contributed by atoms with Gasteiger partial charge in [0.05, 0.1) is 33.6 Å². The predicted octanol–water partition coefficient (Wildman–Crippen LogP) is 2.47. The second kappa shape index (κ2) is 9.16. The molecule has 0 spiro atoms. The smallest absolute Gasteiger partial charge is 0.319 e. The van der Waals surface area contributed by atoms with E-state index < -0.39 is 11.9 Å². The van der Waals surface area contributed by atoms with E-state index in [1.165, 1.54) is 21.3 Å². The first-order valence-electron chi connectivity index (χ1n) is 7.76. The molecule has 0 saturated carbocycles. The Bertz CT molecular complexity index is 779. The quantitative estimate of drug-likeness (QED) is 0.705. The molecule has 0 radical (unpaired) electrons. The standard InChI is InChI=1S/C18H21N3O5/c1-24-13-6-4-5-12(9-13)20-18(23)19-11-17(22)21-15-10-14(25-2)7-8-16(15)26-3/h4-10H,11H2,1-3H3,(H,21,22)(H2,19,20,23). The van der Waals surface area contributed by atoms with Gasteiger partial charge in [-0.25, -0.2) is 4.79 Å². The first kappa shape index (κ1) is 18.9. The van der Waals surface area contributed by atoms with Crippen molar-refractivity contribution in [3.05, 3.63) is 42.5 Å². The van der Waals surface area contributed by atoms with Gasteiger partial charge in [-0.3, -0.25) is 4.79 Å². The predicted molar refractivity (Wildman–Crippen MR) is 98.2 cm³/mol. The number of nitrogens with one attached hydrogen (secondary N) is 3. The van der Waals surface area contributed by atoms with Crippen LogP contribution in [0.25, 0.3) is 0 Å². The van der Waals surface area contributed by atoms with Gasteiger partial charge in [0.25, 0.3) is 0 Å². The van der Waals surface area contributed by atoms with Gasteiger partial charge >= 0.3 is 6.03 Å². The number of hydrogen-bond acceptors (Lipinski definition) is 5. The zero-order valence-corrected chi connectivity index (χ0v) is 14.8. The summed E-state index contributed by atoms with van der Waals surface area (Å²) in [6, 6.07) is 11.4. The zero-order valence-electron chi connectivity index (χ0n) is 14.8. The average Bonchev–Trinajstić information content (AvgIpc) is 2.66. The van der Waals surface area contributed by atoms with Crippen molar-refractivity contribution in [1.82, 2.24) is 5.32 Å². The van der Waals surface area contributed by atoms with Crippen LogP contribution >= 0.6 is 0 Å². The Kier molecular flexibility index (Phi) is 6.67. The summed E-state index contributed by atoms with van der Waals surface area (Å²) in [5, 5.41) is 7.77. The van der Waals surface area contributed by atoms with Crippen LogP contribution in [0.5, 0.6) is 17.2 Å². The van der Waals surface area contributed by atoms with E-state index in [2.05, 4.69) is 16.0 Å². The van der Waals surface area contributed by atoms with E-state index in [1.54, 1.807) is 42.5 Å². The first-order valence-corrected chi connectivity index (χ1v) is 7.76. The highest BCUT2D eigenvalue weighted by molar-refractivity contribution is 5.97. The Morgan fingerprint density at radius 3 is 2.31 bits per heavy atom. The van der Waals surface area contributed by atoms with Gasteiger partial charge in [0.15, 0.2) is 0 Å². The summed E-state index contributed by atoms with van der Waals surface area (Å²) in [7, 11) is 4.56. The van der Waals surface area contributed by atoms with Gasteiger partial charge in [0.2, 0.25) is 5.91 Å². The van der Waals surface area contributed by atoms with E-state index in [1.807, 2.05) is 0 Å². The van der Waals surface area contributed by atoms with Gasteiger partial charge in [-0.2, -0.15) is 0 Å². The largest absolute Gasteiger partial charge is 0.497 e. The highest BCUT2D eigenvalue weighted by atomic mass is 16.5. The summed E-state index contributed by atoms with van der Waals surface area (Å²) in [5.74, 6) is 1.27. The monoisotopic (exact) mass is 359 g/mol. The molecule has 0 aliphatic rings. The minimum Gasteiger partial charge on any atom is -0.497 e. The fraction of sp³-hybridized carbons (Fsp3) is 0.222. The number of carbonyl (C=O) groups is 2. The maximum absolute atomic E-state index is 12.1. The normalized spacial score (nSPS) is 9.81. The number of rotatable bonds is 7.